The van der Waals surface area contributed by atoms with Crippen molar-refractivity contribution in [2.75, 3.05) is 22.6 Å². The molecule has 0 radical (unpaired) electrons. The first-order valence-corrected chi connectivity index (χ1v) is 11.6. The number of amides is 1. The van der Waals surface area contributed by atoms with Gasteiger partial charge in [-0.05, 0) is 55.9 Å². The highest BCUT2D eigenvalue weighted by atomic mass is 32.2. The summed E-state index contributed by atoms with van der Waals surface area (Å²) in [4.78, 5) is 24.1. The normalized spacial score (nSPS) is 21.8. The van der Waals surface area contributed by atoms with Crippen molar-refractivity contribution < 1.29 is 22.7 Å². The summed E-state index contributed by atoms with van der Waals surface area (Å²) in [6, 6.07) is 5.87. The fourth-order valence-corrected chi connectivity index (χ4v) is 6.68. The monoisotopic (exact) mass is 397 g/mol. The van der Waals surface area contributed by atoms with E-state index in [-0.39, 0.29) is 28.4 Å². The Labute approximate surface area is 158 Å². The van der Waals surface area contributed by atoms with E-state index in [0.29, 0.717) is 12.1 Å². The first-order valence-electron chi connectivity index (χ1n) is 8.76. The number of carbonyl (C=O) groups is 2. The molecular weight excluding hydrogens is 374 g/mol. The summed E-state index contributed by atoms with van der Waals surface area (Å²) in [7, 11) is -2.96. The maximum Gasteiger partial charge on any atom is 0.316 e. The van der Waals surface area contributed by atoms with E-state index in [1.807, 2.05) is 18.2 Å². The molecule has 2 aliphatic rings. The number of thioether (sulfide) groups is 1. The van der Waals surface area contributed by atoms with Gasteiger partial charge in [-0.3, -0.25) is 9.59 Å². The van der Waals surface area contributed by atoms with Crippen LogP contribution in [0.2, 0.25) is 0 Å². The van der Waals surface area contributed by atoms with E-state index in [9.17, 15) is 18.0 Å². The molecule has 1 aromatic rings. The molecule has 0 saturated carbocycles. The molecule has 2 atom stereocenters. The first kappa shape index (κ1) is 19.2. The van der Waals surface area contributed by atoms with E-state index >= 15 is 0 Å². The summed E-state index contributed by atoms with van der Waals surface area (Å²) in [5, 5.41) is 2.72. The number of fused-ring (bicyclic) bond motifs is 1. The van der Waals surface area contributed by atoms with Gasteiger partial charge in [0.15, 0.2) is 15.9 Å². The molecular formula is C18H23NO5S2. The smallest absolute Gasteiger partial charge is 0.316 e. The topological polar surface area (TPSA) is 89.5 Å². The van der Waals surface area contributed by atoms with Gasteiger partial charge < -0.3 is 10.1 Å². The third-order valence-electron chi connectivity index (χ3n) is 4.67. The minimum absolute atomic E-state index is 0.0522. The highest BCUT2D eigenvalue weighted by Gasteiger charge is 2.29. The predicted molar refractivity (Wildman–Crippen MR) is 102 cm³/mol. The van der Waals surface area contributed by atoms with Crippen molar-refractivity contribution in [1.82, 2.24) is 0 Å². The van der Waals surface area contributed by atoms with Crippen LogP contribution in [-0.2, 0) is 37.0 Å². The van der Waals surface area contributed by atoms with Crippen LogP contribution in [0.1, 0.15) is 30.9 Å². The summed E-state index contributed by atoms with van der Waals surface area (Å²) in [5.41, 5.74) is 3.30. The Morgan fingerprint density at radius 3 is 2.81 bits per heavy atom. The van der Waals surface area contributed by atoms with Crippen molar-refractivity contribution in [1.29, 1.82) is 0 Å². The molecule has 0 spiro atoms. The van der Waals surface area contributed by atoms with E-state index in [1.165, 1.54) is 29.8 Å². The lowest BCUT2D eigenvalue weighted by Crippen LogP contribution is -2.30. The number of aryl methyl sites for hydroxylation is 2. The lowest BCUT2D eigenvalue weighted by atomic mass is 10.1. The zero-order valence-electron chi connectivity index (χ0n) is 14.7. The van der Waals surface area contributed by atoms with Crippen LogP contribution in [0.3, 0.4) is 0 Å². The van der Waals surface area contributed by atoms with Crippen LogP contribution in [0, 0.1) is 0 Å². The van der Waals surface area contributed by atoms with Gasteiger partial charge in [0.25, 0.3) is 5.91 Å². The van der Waals surface area contributed by atoms with Crippen molar-refractivity contribution in [2.45, 2.75) is 44.0 Å². The summed E-state index contributed by atoms with van der Waals surface area (Å²) in [5.74, 6) is -0.532. The second-order valence-electron chi connectivity index (χ2n) is 6.79. The zero-order chi connectivity index (χ0) is 18.7. The average Bonchev–Trinajstić information content (AvgIpc) is 3.18. The Morgan fingerprint density at radius 1 is 1.31 bits per heavy atom. The van der Waals surface area contributed by atoms with E-state index in [0.717, 1.165) is 19.3 Å². The maximum absolute atomic E-state index is 12.2. The molecule has 142 valence electrons. The summed E-state index contributed by atoms with van der Waals surface area (Å²) in [6.45, 7) is 1.53. The van der Waals surface area contributed by atoms with Crippen molar-refractivity contribution in [2.24, 2.45) is 0 Å². The van der Waals surface area contributed by atoms with Crippen LogP contribution in [0.5, 0.6) is 0 Å². The minimum atomic E-state index is -2.96. The number of ether oxygens (including phenoxy) is 1. The van der Waals surface area contributed by atoms with E-state index in [2.05, 4.69) is 5.32 Å². The molecule has 1 amide bonds. The summed E-state index contributed by atoms with van der Waals surface area (Å²) in [6.07, 6.45) is 2.91. The number of nitrogens with one attached hydrogen (secondary N) is 1. The second kappa shape index (κ2) is 8.00. The van der Waals surface area contributed by atoms with Crippen LogP contribution < -0.4 is 5.32 Å². The minimum Gasteiger partial charge on any atom is -0.452 e. The van der Waals surface area contributed by atoms with Gasteiger partial charge in [-0.15, -0.1) is 11.8 Å². The molecule has 1 fully saturated rings. The SMILES string of the molecule is C[C@H](OC(=O)CS[C@@H]1CCS(=O)(=O)C1)C(=O)Nc1ccc2c(c1)CCC2. The fraction of sp³-hybridized carbons (Fsp3) is 0.556. The van der Waals surface area contributed by atoms with Crippen LogP contribution in [-0.4, -0.2) is 48.9 Å². The third-order valence-corrected chi connectivity index (χ3v) is 7.93. The van der Waals surface area contributed by atoms with Gasteiger partial charge in [-0.2, -0.15) is 0 Å². The zero-order valence-corrected chi connectivity index (χ0v) is 16.3. The molecule has 6 nitrogen and oxygen atoms in total. The standard InChI is InChI=1S/C18H23NO5S2/c1-12(24-17(20)10-25-16-7-8-26(22,23)11-16)18(21)19-15-6-5-13-3-2-4-14(13)9-15/h5-6,9,12,16H,2-4,7-8,10-11H2,1H3,(H,19,21)/t12-,16+/m0/s1. The molecule has 8 heteroatoms. The number of anilines is 1. The van der Waals surface area contributed by atoms with Crippen molar-refractivity contribution >= 4 is 39.2 Å². The average molecular weight is 398 g/mol. The molecule has 1 heterocycles. The van der Waals surface area contributed by atoms with Gasteiger partial charge in [0, 0.05) is 10.9 Å². The van der Waals surface area contributed by atoms with Gasteiger partial charge >= 0.3 is 5.97 Å². The molecule has 0 unspecified atom stereocenters. The summed E-state index contributed by atoms with van der Waals surface area (Å²) < 4.78 is 28.0. The molecule has 26 heavy (non-hydrogen) atoms. The molecule has 1 saturated heterocycles. The molecule has 1 N–H and O–H groups in total. The van der Waals surface area contributed by atoms with Crippen LogP contribution in [0.25, 0.3) is 0 Å². The Kier molecular flexibility index (Phi) is 5.92. The highest BCUT2D eigenvalue weighted by molar-refractivity contribution is 8.02. The number of benzene rings is 1. The third kappa shape index (κ3) is 5.01. The quantitative estimate of drug-likeness (QED) is 0.738. The molecule has 0 bridgehead atoms. The molecule has 1 aromatic carbocycles. The molecule has 1 aliphatic carbocycles. The Hall–Kier alpha value is -1.54. The largest absolute Gasteiger partial charge is 0.452 e. The molecule has 0 aromatic heterocycles. The highest BCUT2D eigenvalue weighted by Crippen LogP contribution is 2.26. The lowest BCUT2D eigenvalue weighted by molar-refractivity contribution is -0.150. The number of hydrogen-bond acceptors (Lipinski definition) is 6. The number of sulfone groups is 1. The predicted octanol–water partition coefficient (Wildman–Crippen LogP) is 1.97. The molecule has 3 rings (SSSR count). The van der Waals surface area contributed by atoms with Gasteiger partial charge in [0.2, 0.25) is 0 Å². The van der Waals surface area contributed by atoms with Gasteiger partial charge in [0.05, 0.1) is 17.3 Å². The Balaban J connectivity index is 1.44. The van der Waals surface area contributed by atoms with Crippen molar-refractivity contribution in [3.8, 4) is 0 Å². The number of hydrogen-bond donors (Lipinski definition) is 1. The Bertz CT molecular complexity index is 806. The van der Waals surface area contributed by atoms with E-state index in [1.54, 1.807) is 0 Å². The molecule has 1 aliphatic heterocycles. The van der Waals surface area contributed by atoms with Gasteiger partial charge in [0.1, 0.15) is 0 Å². The van der Waals surface area contributed by atoms with Crippen LogP contribution in [0.4, 0.5) is 5.69 Å². The van der Waals surface area contributed by atoms with Crippen molar-refractivity contribution in [3.05, 3.63) is 29.3 Å². The van der Waals surface area contributed by atoms with Gasteiger partial charge in [-0.1, -0.05) is 6.07 Å². The van der Waals surface area contributed by atoms with Crippen LogP contribution in [0.15, 0.2) is 18.2 Å². The number of carbonyl (C=O) groups excluding carboxylic acids is 2. The van der Waals surface area contributed by atoms with Gasteiger partial charge in [-0.25, -0.2) is 8.42 Å². The van der Waals surface area contributed by atoms with Crippen molar-refractivity contribution in [3.63, 3.8) is 0 Å². The summed E-state index contributed by atoms with van der Waals surface area (Å²) >= 11 is 1.28. The van der Waals surface area contributed by atoms with Crippen LogP contribution >= 0.6 is 11.8 Å². The van der Waals surface area contributed by atoms with E-state index in [4.69, 9.17) is 4.74 Å². The fourth-order valence-electron chi connectivity index (χ4n) is 3.26. The Morgan fingerprint density at radius 2 is 2.08 bits per heavy atom. The first-order chi connectivity index (χ1) is 12.3. The van der Waals surface area contributed by atoms with E-state index < -0.39 is 21.9 Å². The number of rotatable bonds is 6. The number of esters is 1. The maximum atomic E-state index is 12.2. The lowest BCUT2D eigenvalue weighted by Gasteiger charge is -2.15. The second-order valence-corrected chi connectivity index (χ2v) is 10.3.